The number of nitrogens with zero attached hydrogens (tertiary/aromatic N) is 3. The van der Waals surface area contributed by atoms with Gasteiger partial charge in [0.2, 0.25) is 5.28 Å². The summed E-state index contributed by atoms with van der Waals surface area (Å²) in [6, 6.07) is 4.92. The maximum Gasteiger partial charge on any atom is 0.410 e. The van der Waals surface area contributed by atoms with Crippen LogP contribution >= 0.6 is 11.6 Å². The molecule has 174 valence electrons. The highest BCUT2D eigenvalue weighted by molar-refractivity contribution is 6.28. The van der Waals surface area contributed by atoms with Gasteiger partial charge in [-0.15, -0.1) is 0 Å². The Bertz CT molecular complexity index is 930. The topological polar surface area (TPSA) is 79.4 Å². The van der Waals surface area contributed by atoms with Gasteiger partial charge in [0.1, 0.15) is 17.2 Å². The number of likely N-dealkylation sites (tertiary alicyclic amines) is 1. The van der Waals surface area contributed by atoms with Crippen molar-refractivity contribution in [2.45, 2.75) is 65.1 Å². The van der Waals surface area contributed by atoms with E-state index >= 15 is 0 Å². The molecule has 2 aromatic rings. The van der Waals surface area contributed by atoms with E-state index in [0.717, 1.165) is 30.4 Å². The van der Waals surface area contributed by atoms with Gasteiger partial charge in [0.05, 0.1) is 5.69 Å². The van der Waals surface area contributed by atoms with Crippen molar-refractivity contribution in [2.24, 2.45) is 0 Å². The summed E-state index contributed by atoms with van der Waals surface area (Å²) in [7, 11) is 0. The lowest BCUT2D eigenvalue weighted by Crippen LogP contribution is -2.42. The van der Waals surface area contributed by atoms with Gasteiger partial charge in [0.25, 0.3) is 0 Å². The second kappa shape index (κ2) is 10.3. The number of rotatable bonds is 5. The summed E-state index contributed by atoms with van der Waals surface area (Å²) in [5.41, 5.74) is 1.46. The molecule has 1 aliphatic rings. The van der Waals surface area contributed by atoms with Gasteiger partial charge >= 0.3 is 6.09 Å². The fourth-order valence-corrected chi connectivity index (χ4v) is 3.76. The van der Waals surface area contributed by atoms with Gasteiger partial charge in [-0.25, -0.2) is 19.2 Å². The Labute approximate surface area is 193 Å². The average molecular weight is 464 g/mol. The largest absolute Gasteiger partial charge is 0.444 e. The lowest BCUT2D eigenvalue weighted by atomic mass is 10.1. The third-order valence-electron chi connectivity index (χ3n) is 5.18. The van der Waals surface area contributed by atoms with E-state index < -0.39 is 5.60 Å². The number of aromatic nitrogens is 2. The predicted molar refractivity (Wildman–Crippen MR) is 125 cm³/mol. The van der Waals surface area contributed by atoms with Crippen LogP contribution in [0.25, 0.3) is 0 Å². The van der Waals surface area contributed by atoms with Crippen molar-refractivity contribution in [1.82, 2.24) is 14.9 Å². The molecule has 1 saturated heterocycles. The highest BCUT2D eigenvalue weighted by atomic mass is 35.5. The molecule has 1 atom stereocenters. The molecule has 2 heterocycles. The van der Waals surface area contributed by atoms with Crippen molar-refractivity contribution in [3.05, 3.63) is 46.6 Å². The van der Waals surface area contributed by atoms with E-state index in [1.54, 1.807) is 17.2 Å². The fourth-order valence-electron chi connectivity index (χ4n) is 3.62. The van der Waals surface area contributed by atoms with Gasteiger partial charge in [-0.3, -0.25) is 0 Å². The molecule has 9 heteroatoms. The minimum Gasteiger partial charge on any atom is -0.444 e. The van der Waals surface area contributed by atoms with Crippen LogP contribution in [0.2, 0.25) is 5.28 Å². The highest BCUT2D eigenvalue weighted by Crippen LogP contribution is 2.24. The van der Waals surface area contributed by atoms with Crippen molar-refractivity contribution in [2.75, 3.05) is 23.7 Å². The number of hydrogen-bond donors (Lipinski definition) is 2. The van der Waals surface area contributed by atoms with Crippen LogP contribution in [0.4, 0.5) is 20.7 Å². The van der Waals surface area contributed by atoms with Gasteiger partial charge in [-0.2, -0.15) is 0 Å². The van der Waals surface area contributed by atoms with Crippen molar-refractivity contribution in [3.63, 3.8) is 0 Å². The molecular weight excluding hydrogens is 433 g/mol. The maximum atomic E-state index is 14.2. The molecular formula is C23H31ClFN5O2. The van der Waals surface area contributed by atoms with Crippen LogP contribution in [0, 0.1) is 12.7 Å². The molecule has 7 nitrogen and oxygen atoms in total. The number of hydrogen-bond acceptors (Lipinski definition) is 6. The standard InChI is InChI=1S/C23H31ClFN5O2/c1-15-8-7-10-18(25)19(15)26-12-16-13-27-21(24)29-20(16)28-17-9-5-6-11-30(14-17)22(31)32-23(2,3)4/h7-8,10,13,17,26H,5-6,9,11-12,14H2,1-4H3,(H,27,28,29)/t17-/m0/s1. The monoisotopic (exact) mass is 463 g/mol. The number of carbonyl (C=O) groups excluding carboxylic acids is 1. The number of carbonyl (C=O) groups is 1. The van der Waals surface area contributed by atoms with E-state index in [1.165, 1.54) is 6.07 Å². The quantitative estimate of drug-likeness (QED) is 0.578. The molecule has 2 N–H and O–H groups in total. The normalized spacial score (nSPS) is 16.9. The fraction of sp³-hybridized carbons (Fsp3) is 0.522. The number of benzene rings is 1. The number of halogens is 2. The Balaban J connectivity index is 1.73. The number of anilines is 2. The highest BCUT2D eigenvalue weighted by Gasteiger charge is 2.27. The Kier molecular flexibility index (Phi) is 7.77. The molecule has 1 aromatic heterocycles. The maximum absolute atomic E-state index is 14.2. The zero-order valence-electron chi connectivity index (χ0n) is 19.0. The van der Waals surface area contributed by atoms with E-state index in [1.807, 2.05) is 33.8 Å². The number of amides is 1. The van der Waals surface area contributed by atoms with Gasteiger partial charge < -0.3 is 20.3 Å². The van der Waals surface area contributed by atoms with Crippen LogP contribution in [0.3, 0.4) is 0 Å². The van der Waals surface area contributed by atoms with Gasteiger partial charge in [-0.05, 0) is 70.2 Å². The van der Waals surface area contributed by atoms with Crippen LogP contribution in [0.1, 0.15) is 51.2 Å². The lowest BCUT2D eigenvalue weighted by molar-refractivity contribution is 0.0252. The molecule has 0 aliphatic carbocycles. The molecule has 3 rings (SSSR count). The second-order valence-electron chi connectivity index (χ2n) is 9.06. The van der Waals surface area contributed by atoms with Gasteiger partial charge in [0.15, 0.2) is 0 Å². The van der Waals surface area contributed by atoms with Crippen LogP contribution < -0.4 is 10.6 Å². The Morgan fingerprint density at radius 3 is 2.84 bits per heavy atom. The van der Waals surface area contributed by atoms with Crippen molar-refractivity contribution in [1.29, 1.82) is 0 Å². The molecule has 0 spiro atoms. The average Bonchev–Trinajstić information content (AvgIpc) is 2.93. The summed E-state index contributed by atoms with van der Waals surface area (Å²) in [4.78, 5) is 22.8. The van der Waals surface area contributed by atoms with E-state index in [4.69, 9.17) is 16.3 Å². The SMILES string of the molecule is Cc1cccc(F)c1NCc1cnc(Cl)nc1N[C@H]1CCCCN(C(=O)OC(C)(C)C)C1. The lowest BCUT2D eigenvalue weighted by Gasteiger charge is -2.29. The van der Waals surface area contributed by atoms with E-state index in [0.29, 0.717) is 31.1 Å². The first-order valence-electron chi connectivity index (χ1n) is 10.9. The summed E-state index contributed by atoms with van der Waals surface area (Å²) < 4.78 is 19.7. The number of ether oxygens (including phenoxy) is 1. The molecule has 0 bridgehead atoms. The molecule has 0 radical (unpaired) electrons. The molecule has 1 aromatic carbocycles. The van der Waals surface area contributed by atoms with Gasteiger partial charge in [-0.1, -0.05) is 12.1 Å². The summed E-state index contributed by atoms with van der Waals surface area (Å²) in [5.74, 6) is 0.258. The Morgan fingerprint density at radius 2 is 2.12 bits per heavy atom. The summed E-state index contributed by atoms with van der Waals surface area (Å²) in [5, 5.41) is 6.68. The minimum atomic E-state index is -0.545. The zero-order chi connectivity index (χ0) is 23.3. The van der Waals surface area contributed by atoms with Crippen LogP contribution in [0.5, 0.6) is 0 Å². The Morgan fingerprint density at radius 1 is 1.34 bits per heavy atom. The van der Waals surface area contributed by atoms with E-state index in [-0.39, 0.29) is 23.2 Å². The minimum absolute atomic E-state index is 0.0232. The first-order valence-corrected chi connectivity index (χ1v) is 11.2. The smallest absolute Gasteiger partial charge is 0.410 e. The molecule has 1 fully saturated rings. The van der Waals surface area contributed by atoms with Crippen molar-refractivity contribution >= 4 is 29.2 Å². The van der Waals surface area contributed by atoms with Crippen LogP contribution in [-0.4, -0.2) is 45.7 Å². The first kappa shape index (κ1) is 24.0. The third kappa shape index (κ3) is 6.69. The summed E-state index contributed by atoms with van der Waals surface area (Å²) >= 11 is 6.06. The zero-order valence-corrected chi connectivity index (χ0v) is 19.8. The van der Waals surface area contributed by atoms with Gasteiger partial charge in [0, 0.05) is 37.4 Å². The number of aryl methyl sites for hydroxylation is 1. The number of nitrogens with one attached hydrogen (secondary N) is 2. The second-order valence-corrected chi connectivity index (χ2v) is 9.40. The molecule has 1 amide bonds. The van der Waals surface area contributed by atoms with Crippen LogP contribution in [0.15, 0.2) is 24.4 Å². The Hall–Kier alpha value is -2.61. The van der Waals surface area contributed by atoms with E-state index in [9.17, 15) is 9.18 Å². The van der Waals surface area contributed by atoms with Crippen molar-refractivity contribution < 1.29 is 13.9 Å². The molecule has 0 saturated carbocycles. The molecule has 0 unspecified atom stereocenters. The summed E-state index contributed by atoms with van der Waals surface area (Å²) in [6.45, 7) is 8.89. The molecule has 1 aliphatic heterocycles. The van der Waals surface area contributed by atoms with Crippen LogP contribution in [-0.2, 0) is 11.3 Å². The molecule has 32 heavy (non-hydrogen) atoms. The number of para-hydroxylation sites is 1. The predicted octanol–water partition coefficient (Wildman–Crippen LogP) is 5.39. The van der Waals surface area contributed by atoms with E-state index in [2.05, 4.69) is 20.6 Å². The third-order valence-corrected chi connectivity index (χ3v) is 5.36. The first-order chi connectivity index (χ1) is 15.1. The van der Waals surface area contributed by atoms with Crippen molar-refractivity contribution in [3.8, 4) is 0 Å². The summed E-state index contributed by atoms with van der Waals surface area (Å²) in [6.07, 6.45) is 4.06.